The molecule has 4 nitrogen and oxygen atoms in total. The van der Waals surface area contributed by atoms with Crippen LogP contribution < -0.4 is 14.8 Å². The fraction of sp³-hybridized carbons (Fsp3) is 0.308. The van der Waals surface area contributed by atoms with Crippen LogP contribution in [0.5, 0.6) is 11.5 Å². The molecule has 0 unspecified atom stereocenters. The van der Waals surface area contributed by atoms with Crippen LogP contribution in [0.25, 0.3) is 11.3 Å². The lowest BCUT2D eigenvalue weighted by molar-refractivity contribution is 0.355. The Labute approximate surface area is 111 Å². The van der Waals surface area contributed by atoms with Crippen molar-refractivity contribution in [1.82, 2.24) is 4.98 Å². The molecular formula is C13H16N2O2S. The monoisotopic (exact) mass is 264 g/mol. The van der Waals surface area contributed by atoms with Gasteiger partial charge in [-0.1, -0.05) is 0 Å². The van der Waals surface area contributed by atoms with E-state index in [0.29, 0.717) is 5.75 Å². The second kappa shape index (κ2) is 5.27. The largest absolute Gasteiger partial charge is 0.493 e. The van der Waals surface area contributed by atoms with Gasteiger partial charge in [0.1, 0.15) is 0 Å². The Bertz CT molecular complexity index is 552. The van der Waals surface area contributed by atoms with E-state index in [2.05, 4.69) is 17.2 Å². The molecule has 0 fully saturated rings. The maximum atomic E-state index is 5.31. The average Bonchev–Trinajstić information content (AvgIpc) is 2.79. The van der Waals surface area contributed by atoms with Crippen LogP contribution in [0.2, 0.25) is 0 Å². The number of hydrogen-bond donors (Lipinski definition) is 1. The van der Waals surface area contributed by atoms with E-state index >= 15 is 0 Å². The SMILES string of the molecule is CNc1nc(-c2ccc(OC)c(OC)c2)c(C)s1. The zero-order valence-electron chi connectivity index (χ0n) is 10.9. The number of rotatable bonds is 4. The van der Waals surface area contributed by atoms with Crippen LogP contribution in [0, 0.1) is 6.92 Å². The van der Waals surface area contributed by atoms with Crippen molar-refractivity contribution in [1.29, 1.82) is 0 Å². The second-order valence-corrected chi connectivity index (χ2v) is 4.95. The second-order valence-electron chi connectivity index (χ2n) is 3.74. The van der Waals surface area contributed by atoms with Crippen LogP contribution in [0.15, 0.2) is 18.2 Å². The number of ether oxygens (including phenoxy) is 2. The van der Waals surface area contributed by atoms with Gasteiger partial charge in [-0.05, 0) is 25.1 Å². The summed E-state index contributed by atoms with van der Waals surface area (Å²) < 4.78 is 10.5. The van der Waals surface area contributed by atoms with E-state index in [-0.39, 0.29) is 0 Å². The smallest absolute Gasteiger partial charge is 0.183 e. The highest BCUT2D eigenvalue weighted by Gasteiger charge is 2.12. The molecule has 18 heavy (non-hydrogen) atoms. The zero-order valence-corrected chi connectivity index (χ0v) is 11.7. The zero-order chi connectivity index (χ0) is 13.1. The number of aryl methyl sites for hydroxylation is 1. The Balaban J connectivity index is 2.47. The highest BCUT2D eigenvalue weighted by Crippen LogP contribution is 2.35. The first-order chi connectivity index (χ1) is 8.69. The van der Waals surface area contributed by atoms with Gasteiger partial charge in [-0.3, -0.25) is 0 Å². The van der Waals surface area contributed by atoms with Crippen molar-refractivity contribution in [2.75, 3.05) is 26.6 Å². The molecule has 0 aliphatic carbocycles. The van der Waals surface area contributed by atoms with Crippen LogP contribution in [0.1, 0.15) is 4.88 Å². The normalized spacial score (nSPS) is 10.2. The van der Waals surface area contributed by atoms with Gasteiger partial charge in [0, 0.05) is 17.5 Å². The lowest BCUT2D eigenvalue weighted by atomic mass is 10.1. The first-order valence-electron chi connectivity index (χ1n) is 5.57. The summed E-state index contributed by atoms with van der Waals surface area (Å²) in [6.07, 6.45) is 0. The van der Waals surface area contributed by atoms with Crippen molar-refractivity contribution in [3.8, 4) is 22.8 Å². The highest BCUT2D eigenvalue weighted by molar-refractivity contribution is 7.15. The minimum absolute atomic E-state index is 0.716. The summed E-state index contributed by atoms with van der Waals surface area (Å²) >= 11 is 1.64. The Hall–Kier alpha value is -1.75. The predicted molar refractivity (Wildman–Crippen MR) is 74.9 cm³/mol. The van der Waals surface area contributed by atoms with Crippen molar-refractivity contribution >= 4 is 16.5 Å². The lowest BCUT2D eigenvalue weighted by Gasteiger charge is -2.08. The van der Waals surface area contributed by atoms with Gasteiger partial charge >= 0.3 is 0 Å². The van der Waals surface area contributed by atoms with Crippen molar-refractivity contribution in [2.24, 2.45) is 0 Å². The molecule has 0 aliphatic rings. The molecule has 5 heteroatoms. The highest BCUT2D eigenvalue weighted by atomic mass is 32.1. The molecule has 0 saturated carbocycles. The Kier molecular flexibility index (Phi) is 3.72. The number of methoxy groups -OCH3 is 2. The standard InChI is InChI=1S/C13H16N2O2S/c1-8-12(15-13(14-2)18-8)9-5-6-10(16-3)11(7-9)17-4/h5-7H,1-4H3,(H,14,15). The molecule has 0 spiro atoms. The summed E-state index contributed by atoms with van der Waals surface area (Å²) in [5, 5.41) is 3.97. The molecular weight excluding hydrogens is 248 g/mol. The molecule has 1 N–H and O–H groups in total. The molecule has 0 atom stereocenters. The van der Waals surface area contributed by atoms with Crippen LogP contribution in [-0.2, 0) is 0 Å². The van der Waals surface area contributed by atoms with E-state index in [9.17, 15) is 0 Å². The molecule has 0 aliphatic heterocycles. The summed E-state index contributed by atoms with van der Waals surface area (Å²) in [5.41, 5.74) is 2.01. The maximum absolute atomic E-state index is 5.31. The van der Waals surface area contributed by atoms with Gasteiger partial charge in [0.25, 0.3) is 0 Å². The van der Waals surface area contributed by atoms with Crippen LogP contribution in [-0.4, -0.2) is 26.3 Å². The number of aromatic nitrogens is 1. The van der Waals surface area contributed by atoms with E-state index in [4.69, 9.17) is 9.47 Å². The minimum atomic E-state index is 0.716. The third-order valence-electron chi connectivity index (χ3n) is 2.67. The quantitative estimate of drug-likeness (QED) is 0.921. The van der Waals surface area contributed by atoms with Gasteiger partial charge in [0.15, 0.2) is 16.6 Å². The van der Waals surface area contributed by atoms with Crippen molar-refractivity contribution in [3.05, 3.63) is 23.1 Å². The molecule has 0 bridgehead atoms. The molecule has 96 valence electrons. The third-order valence-corrected chi connectivity index (χ3v) is 3.66. The number of anilines is 1. The first kappa shape index (κ1) is 12.7. The summed E-state index contributed by atoms with van der Waals surface area (Å²) in [6, 6.07) is 5.83. The number of nitrogens with one attached hydrogen (secondary N) is 1. The van der Waals surface area contributed by atoms with Gasteiger partial charge in [0.05, 0.1) is 19.9 Å². The molecule has 2 rings (SSSR count). The van der Waals surface area contributed by atoms with Gasteiger partial charge in [0.2, 0.25) is 0 Å². The van der Waals surface area contributed by atoms with Crippen LogP contribution in [0.4, 0.5) is 5.13 Å². The molecule has 1 aromatic carbocycles. The van der Waals surface area contributed by atoms with Gasteiger partial charge in [-0.2, -0.15) is 0 Å². The molecule has 2 aromatic rings. The van der Waals surface area contributed by atoms with E-state index in [1.165, 1.54) is 4.88 Å². The number of benzene rings is 1. The molecule has 0 amide bonds. The molecule has 1 aromatic heterocycles. The van der Waals surface area contributed by atoms with Crippen molar-refractivity contribution in [3.63, 3.8) is 0 Å². The fourth-order valence-electron chi connectivity index (χ4n) is 1.75. The van der Waals surface area contributed by atoms with E-state index < -0.39 is 0 Å². The molecule has 1 heterocycles. The average molecular weight is 264 g/mol. The number of nitrogens with zero attached hydrogens (tertiary/aromatic N) is 1. The summed E-state index contributed by atoms with van der Waals surface area (Å²) in [7, 11) is 5.13. The summed E-state index contributed by atoms with van der Waals surface area (Å²) in [6.45, 7) is 2.06. The maximum Gasteiger partial charge on any atom is 0.183 e. The number of hydrogen-bond acceptors (Lipinski definition) is 5. The number of thiazole rings is 1. The molecule has 0 radical (unpaired) electrons. The first-order valence-corrected chi connectivity index (χ1v) is 6.38. The van der Waals surface area contributed by atoms with Gasteiger partial charge in [-0.15, -0.1) is 11.3 Å². The summed E-state index contributed by atoms with van der Waals surface area (Å²) in [5.74, 6) is 1.44. The Morgan fingerprint density at radius 1 is 1.17 bits per heavy atom. The Morgan fingerprint density at radius 3 is 2.44 bits per heavy atom. The third kappa shape index (κ3) is 2.26. The van der Waals surface area contributed by atoms with Crippen molar-refractivity contribution in [2.45, 2.75) is 6.92 Å². The summed E-state index contributed by atoms with van der Waals surface area (Å²) in [4.78, 5) is 5.71. The van der Waals surface area contributed by atoms with Crippen molar-refractivity contribution < 1.29 is 9.47 Å². The fourth-order valence-corrected chi connectivity index (χ4v) is 2.54. The van der Waals surface area contributed by atoms with E-state index in [1.54, 1.807) is 25.6 Å². The van der Waals surface area contributed by atoms with E-state index in [1.807, 2.05) is 25.2 Å². The Morgan fingerprint density at radius 2 is 1.89 bits per heavy atom. The molecule has 0 saturated heterocycles. The van der Waals surface area contributed by atoms with E-state index in [0.717, 1.165) is 22.1 Å². The van der Waals surface area contributed by atoms with Gasteiger partial charge in [-0.25, -0.2) is 4.98 Å². The lowest BCUT2D eigenvalue weighted by Crippen LogP contribution is -1.91. The topological polar surface area (TPSA) is 43.4 Å². The van der Waals surface area contributed by atoms with Gasteiger partial charge < -0.3 is 14.8 Å². The minimum Gasteiger partial charge on any atom is -0.493 e. The van der Waals surface area contributed by atoms with Crippen LogP contribution >= 0.6 is 11.3 Å². The van der Waals surface area contributed by atoms with Crippen LogP contribution in [0.3, 0.4) is 0 Å². The predicted octanol–water partition coefficient (Wildman–Crippen LogP) is 3.18.